The Labute approximate surface area is 168 Å². The van der Waals surface area contributed by atoms with Gasteiger partial charge < -0.3 is 0 Å². The molecule has 0 atom stereocenters. The predicted molar refractivity (Wildman–Crippen MR) is 117 cm³/mol. The summed E-state index contributed by atoms with van der Waals surface area (Å²) in [6.07, 6.45) is 1.76. The number of nitrogens with zero attached hydrogens (tertiary/aromatic N) is 1. The van der Waals surface area contributed by atoms with Gasteiger partial charge in [0.1, 0.15) is 0 Å². The van der Waals surface area contributed by atoms with Crippen molar-refractivity contribution in [3.8, 4) is 34.3 Å². The molecule has 0 radical (unpaired) electrons. The van der Waals surface area contributed by atoms with Gasteiger partial charge in [-0.2, -0.15) is 0 Å². The van der Waals surface area contributed by atoms with Crippen LogP contribution in [0.1, 0.15) is 0 Å². The molecule has 3 heterocycles. The molecule has 1 N–H and O–H groups in total. The van der Waals surface area contributed by atoms with E-state index in [1.54, 1.807) is 6.20 Å². The van der Waals surface area contributed by atoms with Gasteiger partial charge in [-0.05, 0) is 0 Å². The van der Waals surface area contributed by atoms with E-state index in [0.717, 1.165) is 27.2 Å². The molecule has 5 heteroatoms. The van der Waals surface area contributed by atoms with Crippen molar-refractivity contribution in [1.29, 1.82) is 0 Å². The van der Waals surface area contributed by atoms with Gasteiger partial charge in [0.15, 0.2) is 0 Å². The second-order valence-corrected chi connectivity index (χ2v) is 12.1. The van der Waals surface area contributed by atoms with Crippen molar-refractivity contribution in [2.24, 2.45) is 0 Å². The molecule has 3 aromatic carbocycles. The Morgan fingerprint density at radius 3 is 1.83 bits per heavy atom. The van der Waals surface area contributed by atoms with Gasteiger partial charge in [-0.1, -0.05) is 0 Å². The van der Waals surface area contributed by atoms with Gasteiger partial charge in [-0.3, -0.25) is 0 Å². The molecule has 0 amide bonds. The normalized spacial score (nSPS) is 17.9. The Morgan fingerprint density at radius 2 is 1.28 bits per heavy atom. The molecule has 2 aliphatic heterocycles. The molecular formula is C24H18NO3P. The first-order valence-corrected chi connectivity index (χ1v) is 12.1. The second kappa shape index (κ2) is 5.44. The van der Waals surface area contributed by atoms with E-state index in [-0.39, 0.29) is 0 Å². The monoisotopic (exact) mass is 399 g/mol. The zero-order chi connectivity index (χ0) is 19.7. The van der Waals surface area contributed by atoms with Crippen LogP contribution in [0.3, 0.4) is 0 Å². The first kappa shape index (κ1) is 16.7. The zero-order valence-corrected chi connectivity index (χ0v) is 16.6. The molecular weight excluding hydrogens is 381 g/mol. The summed E-state index contributed by atoms with van der Waals surface area (Å²) >= 11 is 0. The van der Waals surface area contributed by atoms with Crippen LogP contribution in [-0.4, -0.2) is 16.5 Å². The maximum absolute atomic E-state index is 12.7. The predicted octanol–water partition coefficient (Wildman–Crippen LogP) is 4.33. The van der Waals surface area contributed by atoms with Crippen LogP contribution in [0.2, 0.25) is 0 Å². The summed E-state index contributed by atoms with van der Waals surface area (Å²) in [4.78, 5) is 17.1. The van der Waals surface area contributed by atoms with Crippen LogP contribution in [0.5, 0.6) is 23.0 Å². The van der Waals surface area contributed by atoms with Gasteiger partial charge >= 0.3 is 168 Å². The number of aromatic nitrogens is 1. The molecule has 0 fully saturated rings. The molecule has 142 valence electrons. The Bertz CT molecular complexity index is 1230. The topological polar surface area (TPSA) is 51.6 Å². The molecule has 0 aliphatic carbocycles. The fraction of sp³-hybridized carbons (Fsp3) is 0.0417. The first-order valence-electron chi connectivity index (χ1n) is 9.46. The fourth-order valence-corrected chi connectivity index (χ4v) is 8.82. The van der Waals surface area contributed by atoms with E-state index >= 15 is 0 Å². The van der Waals surface area contributed by atoms with Crippen LogP contribution in [0.4, 0.5) is 0 Å². The van der Waals surface area contributed by atoms with Crippen molar-refractivity contribution >= 4 is 22.7 Å². The first-order chi connectivity index (χ1) is 14.1. The summed E-state index contributed by atoms with van der Waals surface area (Å²) in [5.74, 6) is 2.62. The van der Waals surface area contributed by atoms with Gasteiger partial charge in [-0.25, -0.2) is 0 Å². The minimum atomic E-state index is -3.73. The molecule has 0 unspecified atom stereocenters. The summed E-state index contributed by atoms with van der Waals surface area (Å²) in [6, 6.07) is 25.2. The van der Waals surface area contributed by atoms with Crippen LogP contribution in [0, 0.1) is 0 Å². The van der Waals surface area contributed by atoms with E-state index in [1.165, 1.54) is 0 Å². The van der Waals surface area contributed by atoms with Crippen LogP contribution in [0.25, 0.3) is 11.3 Å². The number of hydrogen-bond donors (Lipinski definition) is 1. The van der Waals surface area contributed by atoms with Crippen LogP contribution in [-0.2, 0) is 0 Å². The summed E-state index contributed by atoms with van der Waals surface area (Å²) in [6.45, 7) is -1.76. The van der Waals surface area contributed by atoms with E-state index in [9.17, 15) is 4.89 Å². The van der Waals surface area contributed by atoms with Gasteiger partial charge in [0, 0.05) is 0 Å². The number of fused-ring (bicyclic) bond motifs is 4. The van der Waals surface area contributed by atoms with Crippen molar-refractivity contribution < 1.29 is 14.4 Å². The van der Waals surface area contributed by atoms with Crippen molar-refractivity contribution in [2.75, 3.05) is 6.66 Å². The molecule has 4 nitrogen and oxygen atoms in total. The van der Waals surface area contributed by atoms with Crippen molar-refractivity contribution in [3.63, 3.8) is 0 Å². The average Bonchev–Trinajstić information content (AvgIpc) is 2.74. The average molecular weight is 399 g/mol. The number of rotatable bonds is 1. The van der Waals surface area contributed by atoms with Crippen molar-refractivity contribution in [3.05, 3.63) is 85.1 Å². The Hall–Kier alpha value is -3.20. The third-order valence-corrected chi connectivity index (χ3v) is 10.5. The standard InChI is InChI=1S/C24H18NO3P/c1-29(26)22-11-4-2-9-18(22)27-20-14-16(17-8-6-7-13-25-17)15-21(24(20)29)28-19-10-3-5-12-23(19)29/h2-15,26H,1H3. The molecule has 0 saturated carbocycles. The summed E-state index contributed by atoms with van der Waals surface area (Å²) < 4.78 is 12.6. The maximum atomic E-state index is 12.7. The number of para-hydroxylation sites is 2. The number of hydrogen-bond acceptors (Lipinski definition) is 4. The zero-order valence-electron chi connectivity index (χ0n) is 15.7. The van der Waals surface area contributed by atoms with Crippen LogP contribution < -0.4 is 25.4 Å². The summed E-state index contributed by atoms with van der Waals surface area (Å²) in [5, 5.41) is 2.40. The summed E-state index contributed by atoms with van der Waals surface area (Å²) in [7, 11) is 0. The Morgan fingerprint density at radius 1 is 0.724 bits per heavy atom. The SMILES string of the molecule is CP12(O)c3ccccc3Oc3cc(-c4ccccn4)cc(c31)Oc1ccccc12. The van der Waals surface area contributed by atoms with E-state index in [2.05, 4.69) is 4.98 Å². The molecule has 1 aromatic heterocycles. The van der Waals surface area contributed by atoms with E-state index in [0.29, 0.717) is 23.0 Å². The van der Waals surface area contributed by atoms with E-state index in [4.69, 9.17) is 9.47 Å². The molecule has 4 aromatic rings. The van der Waals surface area contributed by atoms with E-state index < -0.39 is 6.83 Å². The molecule has 0 spiro atoms. The summed E-state index contributed by atoms with van der Waals surface area (Å²) in [5.41, 5.74) is 1.71. The molecule has 0 saturated heterocycles. The van der Waals surface area contributed by atoms with Crippen LogP contribution >= 0.6 is 6.83 Å². The Kier molecular flexibility index (Phi) is 3.14. The van der Waals surface area contributed by atoms with E-state index in [1.807, 2.05) is 85.5 Å². The van der Waals surface area contributed by atoms with Gasteiger partial charge in [0.05, 0.1) is 0 Å². The van der Waals surface area contributed by atoms with Crippen molar-refractivity contribution in [2.45, 2.75) is 0 Å². The molecule has 0 bridgehead atoms. The Balaban J connectivity index is 1.74. The fourth-order valence-electron chi connectivity index (χ4n) is 4.56. The number of ether oxygens (including phenoxy) is 2. The molecule has 6 rings (SSSR count). The number of benzene rings is 3. The minimum absolute atomic E-state index is 0.624. The quantitative estimate of drug-likeness (QED) is 0.484. The van der Waals surface area contributed by atoms with Crippen molar-refractivity contribution in [1.82, 2.24) is 4.98 Å². The van der Waals surface area contributed by atoms with Gasteiger partial charge in [0.2, 0.25) is 0 Å². The third-order valence-electron chi connectivity index (χ3n) is 5.90. The molecule has 29 heavy (non-hydrogen) atoms. The second-order valence-electron chi connectivity index (χ2n) is 7.68. The number of pyridine rings is 1. The van der Waals surface area contributed by atoms with Gasteiger partial charge in [-0.15, -0.1) is 0 Å². The van der Waals surface area contributed by atoms with Gasteiger partial charge in [0.25, 0.3) is 0 Å². The third kappa shape index (κ3) is 2.08. The van der Waals surface area contributed by atoms with Crippen LogP contribution in [0.15, 0.2) is 85.1 Å². The molecule has 2 aliphatic rings.